The molecule has 0 atom stereocenters. The Bertz CT molecular complexity index is 3240. The summed E-state index contributed by atoms with van der Waals surface area (Å²) < 4.78 is 2.66. The van der Waals surface area contributed by atoms with E-state index in [9.17, 15) is 0 Å². The SMILES string of the molecule is c1ccc(-c2ccc3sc4c(-c5ccc6c7c(cccc57)-c5c-6c(-c6ccccc6)c6ccccc6c5-c5ccccc5)c5ccccc5cc4c3c2)cc1. The van der Waals surface area contributed by atoms with Gasteiger partial charge in [-0.15, -0.1) is 11.3 Å². The highest BCUT2D eigenvalue weighted by molar-refractivity contribution is 7.26. The Morgan fingerprint density at radius 2 is 0.818 bits per heavy atom. The lowest BCUT2D eigenvalue weighted by molar-refractivity contribution is 1.62. The third-order valence-electron chi connectivity index (χ3n) is 11.8. The molecule has 12 rings (SSSR count). The van der Waals surface area contributed by atoms with Gasteiger partial charge in [-0.3, -0.25) is 0 Å². The van der Waals surface area contributed by atoms with Gasteiger partial charge in [0.15, 0.2) is 0 Å². The molecule has 1 aromatic heterocycles. The first-order chi connectivity index (χ1) is 27.3. The van der Waals surface area contributed by atoms with E-state index in [1.165, 1.54) is 119 Å². The van der Waals surface area contributed by atoms with E-state index in [0.717, 1.165) is 0 Å². The van der Waals surface area contributed by atoms with Crippen LogP contribution in [0.5, 0.6) is 0 Å². The van der Waals surface area contributed by atoms with Crippen molar-refractivity contribution in [1.29, 1.82) is 0 Å². The van der Waals surface area contributed by atoms with E-state index in [-0.39, 0.29) is 0 Å². The number of hydrogen-bond donors (Lipinski definition) is 0. The van der Waals surface area contributed by atoms with Crippen molar-refractivity contribution in [2.24, 2.45) is 0 Å². The zero-order chi connectivity index (χ0) is 36.0. The number of thiophene rings is 1. The Morgan fingerprint density at radius 3 is 1.49 bits per heavy atom. The standard InChI is InChI=1S/C54H32S/c1-4-15-33(16-5-1)36-27-30-47-45(31-36)46-32-37-21-10-11-22-38(37)51(54(46)55-47)42-28-29-44-50-41(42)25-14-26-43(50)52-48(34-17-6-2-7-18-34)39-23-12-13-24-40(39)49(53(44)52)35-19-8-3-9-20-35/h1-32H. The molecule has 55 heavy (non-hydrogen) atoms. The van der Waals surface area contributed by atoms with Gasteiger partial charge < -0.3 is 0 Å². The maximum absolute atomic E-state index is 2.43. The van der Waals surface area contributed by atoms with Crippen LogP contribution in [0.2, 0.25) is 0 Å². The van der Waals surface area contributed by atoms with Gasteiger partial charge in [0.2, 0.25) is 0 Å². The Hall–Kier alpha value is -6.80. The van der Waals surface area contributed by atoms with E-state index in [0.29, 0.717) is 0 Å². The van der Waals surface area contributed by atoms with Gasteiger partial charge in [0.25, 0.3) is 0 Å². The molecule has 11 aromatic rings. The molecule has 0 radical (unpaired) electrons. The number of benzene rings is 10. The Balaban J connectivity index is 1.20. The van der Waals surface area contributed by atoms with Crippen LogP contribution >= 0.6 is 11.3 Å². The molecule has 0 saturated heterocycles. The fourth-order valence-corrected chi connectivity index (χ4v) is 10.7. The van der Waals surface area contributed by atoms with Crippen LogP contribution in [0.25, 0.3) is 119 Å². The van der Waals surface area contributed by atoms with Crippen LogP contribution < -0.4 is 0 Å². The molecule has 0 fully saturated rings. The van der Waals surface area contributed by atoms with Crippen LogP contribution in [0.3, 0.4) is 0 Å². The van der Waals surface area contributed by atoms with Crippen LogP contribution in [0.1, 0.15) is 0 Å². The maximum atomic E-state index is 2.43. The zero-order valence-electron chi connectivity index (χ0n) is 29.9. The predicted octanol–water partition coefficient (Wildman–Crippen LogP) is 15.8. The largest absolute Gasteiger partial charge is 0.135 e. The van der Waals surface area contributed by atoms with E-state index < -0.39 is 0 Å². The molecule has 0 spiro atoms. The number of fused-ring (bicyclic) bond motifs is 8. The molecule has 0 amide bonds. The van der Waals surface area contributed by atoms with Crippen LogP contribution in [0.4, 0.5) is 0 Å². The van der Waals surface area contributed by atoms with Crippen molar-refractivity contribution in [3.05, 3.63) is 194 Å². The molecule has 0 unspecified atom stereocenters. The van der Waals surface area contributed by atoms with Crippen molar-refractivity contribution in [3.8, 4) is 66.8 Å². The molecule has 10 aromatic carbocycles. The van der Waals surface area contributed by atoms with Crippen molar-refractivity contribution in [2.45, 2.75) is 0 Å². The van der Waals surface area contributed by atoms with Crippen molar-refractivity contribution in [2.75, 3.05) is 0 Å². The molecular formula is C54H32S. The molecule has 0 saturated carbocycles. The molecule has 1 heterocycles. The fourth-order valence-electron chi connectivity index (χ4n) is 9.48. The average Bonchev–Trinajstić information content (AvgIpc) is 3.79. The Kier molecular flexibility index (Phi) is 6.60. The zero-order valence-corrected chi connectivity index (χ0v) is 30.7. The van der Waals surface area contributed by atoms with E-state index >= 15 is 0 Å². The Labute approximate surface area is 323 Å². The molecule has 1 aliphatic carbocycles. The molecule has 0 nitrogen and oxygen atoms in total. The van der Waals surface area contributed by atoms with Gasteiger partial charge in [-0.2, -0.15) is 0 Å². The highest BCUT2D eigenvalue weighted by Gasteiger charge is 2.31. The minimum absolute atomic E-state index is 1.24. The summed E-state index contributed by atoms with van der Waals surface area (Å²) in [6, 6.07) is 72.0. The highest BCUT2D eigenvalue weighted by Crippen LogP contribution is 2.59. The topological polar surface area (TPSA) is 0 Å². The minimum atomic E-state index is 1.24. The second-order valence-corrected chi connectivity index (χ2v) is 15.7. The molecule has 0 bridgehead atoms. The summed E-state index contributed by atoms with van der Waals surface area (Å²) >= 11 is 1.92. The van der Waals surface area contributed by atoms with Crippen molar-refractivity contribution in [3.63, 3.8) is 0 Å². The van der Waals surface area contributed by atoms with E-state index in [1.54, 1.807) is 0 Å². The molecular weight excluding hydrogens is 681 g/mol. The first kappa shape index (κ1) is 30.6. The van der Waals surface area contributed by atoms with Crippen LogP contribution in [0, 0.1) is 0 Å². The van der Waals surface area contributed by atoms with Crippen LogP contribution in [-0.4, -0.2) is 0 Å². The van der Waals surface area contributed by atoms with Gasteiger partial charge >= 0.3 is 0 Å². The maximum Gasteiger partial charge on any atom is 0.0440 e. The van der Waals surface area contributed by atoms with Crippen LogP contribution in [-0.2, 0) is 0 Å². The molecule has 0 aliphatic heterocycles. The van der Waals surface area contributed by atoms with Crippen molar-refractivity contribution in [1.82, 2.24) is 0 Å². The fraction of sp³-hybridized carbons (Fsp3) is 0. The second kappa shape index (κ2) is 11.9. The van der Waals surface area contributed by atoms with Gasteiger partial charge in [0.05, 0.1) is 0 Å². The van der Waals surface area contributed by atoms with Gasteiger partial charge in [-0.1, -0.05) is 176 Å². The third-order valence-corrected chi connectivity index (χ3v) is 13.0. The van der Waals surface area contributed by atoms with E-state index in [1.807, 2.05) is 11.3 Å². The molecule has 0 N–H and O–H groups in total. The van der Waals surface area contributed by atoms with Crippen LogP contribution in [0.15, 0.2) is 194 Å². The van der Waals surface area contributed by atoms with Gasteiger partial charge in [-0.25, -0.2) is 0 Å². The third kappa shape index (κ3) is 4.45. The predicted molar refractivity (Wildman–Crippen MR) is 238 cm³/mol. The minimum Gasteiger partial charge on any atom is -0.135 e. The van der Waals surface area contributed by atoms with Gasteiger partial charge in [-0.05, 0) is 112 Å². The van der Waals surface area contributed by atoms with Crippen molar-refractivity contribution < 1.29 is 0 Å². The lowest BCUT2D eigenvalue weighted by Crippen LogP contribution is -1.93. The summed E-state index contributed by atoms with van der Waals surface area (Å²) in [5.74, 6) is 0. The smallest absolute Gasteiger partial charge is 0.0440 e. The Morgan fingerprint density at radius 1 is 0.273 bits per heavy atom. The normalized spacial score (nSPS) is 12.0. The first-order valence-electron chi connectivity index (χ1n) is 19.0. The van der Waals surface area contributed by atoms with E-state index in [2.05, 4.69) is 194 Å². The lowest BCUT2D eigenvalue weighted by atomic mass is 9.82. The second-order valence-electron chi connectivity index (χ2n) is 14.7. The average molecular weight is 713 g/mol. The quantitative estimate of drug-likeness (QED) is 0.170. The number of rotatable bonds is 4. The molecule has 1 aliphatic rings. The lowest BCUT2D eigenvalue weighted by Gasteiger charge is -2.20. The first-order valence-corrected chi connectivity index (χ1v) is 19.8. The van der Waals surface area contributed by atoms with Gasteiger partial charge in [0, 0.05) is 25.7 Å². The summed E-state index contributed by atoms with van der Waals surface area (Å²) in [6.45, 7) is 0. The summed E-state index contributed by atoms with van der Waals surface area (Å²) in [4.78, 5) is 0. The molecule has 254 valence electrons. The van der Waals surface area contributed by atoms with Crippen molar-refractivity contribution >= 4 is 63.8 Å². The van der Waals surface area contributed by atoms with Gasteiger partial charge in [0.1, 0.15) is 0 Å². The monoisotopic (exact) mass is 712 g/mol. The number of hydrogen-bond acceptors (Lipinski definition) is 1. The summed E-state index contributed by atoms with van der Waals surface area (Å²) in [5.41, 5.74) is 15.5. The summed E-state index contributed by atoms with van der Waals surface area (Å²) in [7, 11) is 0. The molecule has 1 heteroatoms. The summed E-state index contributed by atoms with van der Waals surface area (Å²) in [5, 5.41) is 10.4. The highest BCUT2D eigenvalue weighted by atomic mass is 32.1. The summed E-state index contributed by atoms with van der Waals surface area (Å²) in [6.07, 6.45) is 0. The van der Waals surface area contributed by atoms with E-state index in [4.69, 9.17) is 0 Å².